The SMILES string of the molecule is CC(C)(C)NCC(O)C(CC(=O)N1CCC(CO[N+](=O)[O-])CC1)Oc1ccccc1. The van der Waals surface area contributed by atoms with Gasteiger partial charge in [-0.25, -0.2) is 0 Å². The fourth-order valence-corrected chi connectivity index (χ4v) is 3.29. The molecule has 1 aliphatic rings. The zero-order valence-corrected chi connectivity index (χ0v) is 18.0. The molecule has 1 heterocycles. The number of aliphatic hydroxyl groups excluding tert-OH is 1. The third-order valence-electron chi connectivity index (χ3n) is 5.06. The van der Waals surface area contributed by atoms with E-state index in [1.807, 2.05) is 39.0 Å². The normalized spacial score (nSPS) is 17.3. The van der Waals surface area contributed by atoms with Crippen molar-refractivity contribution in [3.05, 3.63) is 40.4 Å². The van der Waals surface area contributed by atoms with Gasteiger partial charge in [0.25, 0.3) is 5.09 Å². The predicted molar refractivity (Wildman–Crippen MR) is 111 cm³/mol. The Morgan fingerprint density at radius 2 is 1.93 bits per heavy atom. The van der Waals surface area contributed by atoms with E-state index in [9.17, 15) is 20.0 Å². The van der Waals surface area contributed by atoms with Gasteiger partial charge in [-0.2, -0.15) is 0 Å². The number of carbonyl (C=O) groups excluding carboxylic acids is 1. The molecule has 1 aromatic rings. The van der Waals surface area contributed by atoms with Crippen LogP contribution in [0.5, 0.6) is 5.75 Å². The van der Waals surface area contributed by atoms with Gasteiger partial charge in [-0.05, 0) is 51.7 Å². The average Bonchev–Trinajstić information content (AvgIpc) is 2.70. The molecule has 1 amide bonds. The smallest absolute Gasteiger partial charge is 0.294 e. The summed E-state index contributed by atoms with van der Waals surface area (Å²) in [4.78, 5) is 29.4. The molecule has 9 nitrogen and oxygen atoms in total. The van der Waals surface area contributed by atoms with E-state index in [0.717, 1.165) is 0 Å². The van der Waals surface area contributed by atoms with Crippen LogP contribution in [-0.4, -0.2) is 65.0 Å². The molecule has 1 fully saturated rings. The number of para-hydroxylation sites is 1. The fourth-order valence-electron chi connectivity index (χ4n) is 3.29. The molecule has 0 bridgehead atoms. The molecule has 2 rings (SSSR count). The number of hydrogen-bond acceptors (Lipinski definition) is 7. The van der Waals surface area contributed by atoms with Crippen LogP contribution in [0, 0.1) is 16.0 Å². The van der Waals surface area contributed by atoms with Gasteiger partial charge in [-0.3, -0.25) is 4.79 Å². The number of ether oxygens (including phenoxy) is 1. The van der Waals surface area contributed by atoms with E-state index in [-0.39, 0.29) is 30.4 Å². The van der Waals surface area contributed by atoms with E-state index in [1.54, 1.807) is 17.0 Å². The summed E-state index contributed by atoms with van der Waals surface area (Å²) in [5, 5.41) is 23.5. The molecule has 1 saturated heterocycles. The first kappa shape index (κ1) is 23.9. The Morgan fingerprint density at radius 3 is 2.50 bits per heavy atom. The van der Waals surface area contributed by atoms with Gasteiger partial charge in [0, 0.05) is 25.2 Å². The molecule has 2 N–H and O–H groups in total. The van der Waals surface area contributed by atoms with Crippen LogP contribution >= 0.6 is 0 Å². The van der Waals surface area contributed by atoms with Crippen LogP contribution in [0.2, 0.25) is 0 Å². The predicted octanol–water partition coefficient (Wildman–Crippen LogP) is 2.02. The number of aliphatic hydroxyl groups is 1. The van der Waals surface area contributed by atoms with Crippen molar-refractivity contribution in [2.45, 2.75) is 57.8 Å². The van der Waals surface area contributed by atoms with Crippen molar-refractivity contribution in [1.82, 2.24) is 10.2 Å². The molecule has 2 unspecified atom stereocenters. The van der Waals surface area contributed by atoms with Gasteiger partial charge in [0.15, 0.2) is 0 Å². The summed E-state index contributed by atoms with van der Waals surface area (Å²) < 4.78 is 5.96. The van der Waals surface area contributed by atoms with Crippen molar-refractivity contribution in [2.24, 2.45) is 5.92 Å². The zero-order valence-electron chi connectivity index (χ0n) is 18.0. The minimum atomic E-state index is -0.862. The zero-order chi connectivity index (χ0) is 22.1. The van der Waals surface area contributed by atoms with Crippen molar-refractivity contribution < 1.29 is 24.6 Å². The number of β-amino-alcohol motifs (C(OH)–C–C–N with tert-alkyl or cyclic N) is 1. The van der Waals surface area contributed by atoms with E-state index >= 15 is 0 Å². The second kappa shape index (κ2) is 11.1. The number of benzene rings is 1. The number of amides is 1. The fraction of sp³-hybridized carbons (Fsp3) is 0.667. The summed E-state index contributed by atoms with van der Waals surface area (Å²) in [6, 6.07) is 9.14. The van der Waals surface area contributed by atoms with Gasteiger partial charge in [0.2, 0.25) is 5.91 Å². The Bertz CT molecular complexity index is 671. The molecule has 1 aromatic carbocycles. The molecule has 0 saturated carbocycles. The number of nitrogens with zero attached hydrogens (tertiary/aromatic N) is 2. The maximum atomic E-state index is 12.9. The maximum Gasteiger partial charge on any atom is 0.294 e. The van der Waals surface area contributed by atoms with Crippen molar-refractivity contribution in [2.75, 3.05) is 26.2 Å². The Labute approximate surface area is 177 Å². The highest BCUT2D eigenvalue weighted by Crippen LogP contribution is 2.21. The van der Waals surface area contributed by atoms with Crippen LogP contribution < -0.4 is 10.1 Å². The Balaban J connectivity index is 1.93. The summed E-state index contributed by atoms with van der Waals surface area (Å²) >= 11 is 0. The highest BCUT2D eigenvalue weighted by atomic mass is 16.9. The summed E-state index contributed by atoms with van der Waals surface area (Å²) in [6.07, 6.45) is -0.196. The van der Waals surface area contributed by atoms with Gasteiger partial charge < -0.3 is 24.9 Å². The Kier molecular flexibility index (Phi) is 8.86. The number of piperidine rings is 1. The first-order valence-electron chi connectivity index (χ1n) is 10.3. The average molecular weight is 424 g/mol. The summed E-state index contributed by atoms with van der Waals surface area (Å²) in [5.41, 5.74) is -0.171. The topological polar surface area (TPSA) is 114 Å². The van der Waals surface area contributed by atoms with Crippen LogP contribution in [0.15, 0.2) is 30.3 Å². The van der Waals surface area contributed by atoms with Crippen LogP contribution in [0.25, 0.3) is 0 Å². The van der Waals surface area contributed by atoms with Crippen molar-refractivity contribution in [1.29, 1.82) is 0 Å². The van der Waals surface area contributed by atoms with E-state index in [0.29, 0.717) is 38.2 Å². The molecular formula is C21H33N3O6. The van der Waals surface area contributed by atoms with Gasteiger partial charge in [-0.15, -0.1) is 10.1 Å². The first-order valence-corrected chi connectivity index (χ1v) is 10.3. The Hall–Kier alpha value is -2.39. The molecule has 9 heteroatoms. The van der Waals surface area contributed by atoms with E-state index in [4.69, 9.17) is 4.74 Å². The number of carbonyl (C=O) groups is 1. The van der Waals surface area contributed by atoms with Crippen LogP contribution in [-0.2, 0) is 9.63 Å². The highest BCUT2D eigenvalue weighted by Gasteiger charge is 2.30. The quantitative estimate of drug-likeness (QED) is 0.437. The van der Waals surface area contributed by atoms with Gasteiger partial charge in [0.05, 0.1) is 13.0 Å². The lowest BCUT2D eigenvalue weighted by molar-refractivity contribution is -0.759. The second-order valence-electron chi connectivity index (χ2n) is 8.72. The number of nitrogens with one attached hydrogen (secondary N) is 1. The summed E-state index contributed by atoms with van der Waals surface area (Å²) in [6.45, 7) is 7.40. The molecular weight excluding hydrogens is 390 g/mol. The molecule has 0 radical (unpaired) electrons. The van der Waals surface area contributed by atoms with E-state index in [1.165, 1.54) is 0 Å². The minimum absolute atomic E-state index is 0.0535. The third kappa shape index (κ3) is 8.54. The molecule has 0 aromatic heterocycles. The third-order valence-corrected chi connectivity index (χ3v) is 5.06. The van der Waals surface area contributed by atoms with Crippen LogP contribution in [0.1, 0.15) is 40.0 Å². The highest BCUT2D eigenvalue weighted by molar-refractivity contribution is 5.77. The van der Waals surface area contributed by atoms with Crippen molar-refractivity contribution in [3.63, 3.8) is 0 Å². The summed E-state index contributed by atoms with van der Waals surface area (Å²) in [5.74, 6) is 0.567. The number of rotatable bonds is 10. The van der Waals surface area contributed by atoms with Crippen LogP contribution in [0.3, 0.4) is 0 Å². The van der Waals surface area contributed by atoms with Crippen molar-refractivity contribution in [3.8, 4) is 5.75 Å². The summed E-state index contributed by atoms with van der Waals surface area (Å²) in [7, 11) is 0. The molecule has 1 aliphatic heterocycles. The minimum Gasteiger partial charge on any atom is -0.487 e. The van der Waals surface area contributed by atoms with Gasteiger partial charge >= 0.3 is 0 Å². The van der Waals surface area contributed by atoms with E-state index < -0.39 is 17.3 Å². The number of hydrogen-bond donors (Lipinski definition) is 2. The lowest BCUT2D eigenvalue weighted by atomic mass is 9.97. The van der Waals surface area contributed by atoms with Crippen LogP contribution in [0.4, 0.5) is 0 Å². The molecule has 30 heavy (non-hydrogen) atoms. The maximum absolute atomic E-state index is 12.9. The number of likely N-dealkylation sites (tertiary alicyclic amines) is 1. The first-order chi connectivity index (χ1) is 14.1. The van der Waals surface area contributed by atoms with Gasteiger partial charge in [-0.1, -0.05) is 18.2 Å². The monoisotopic (exact) mass is 423 g/mol. The van der Waals surface area contributed by atoms with E-state index in [2.05, 4.69) is 10.2 Å². The largest absolute Gasteiger partial charge is 0.487 e. The van der Waals surface area contributed by atoms with Crippen molar-refractivity contribution >= 4 is 5.91 Å². The molecule has 0 spiro atoms. The molecule has 2 atom stereocenters. The second-order valence-corrected chi connectivity index (χ2v) is 8.72. The molecule has 0 aliphatic carbocycles. The lowest BCUT2D eigenvalue weighted by Crippen LogP contribution is -2.48. The van der Waals surface area contributed by atoms with Gasteiger partial charge in [0.1, 0.15) is 18.0 Å². The lowest BCUT2D eigenvalue weighted by Gasteiger charge is -2.33. The Morgan fingerprint density at radius 1 is 1.30 bits per heavy atom. The standard InChI is InChI=1S/C21H33N3O6/c1-21(2,3)22-14-18(25)19(30-17-7-5-4-6-8-17)13-20(26)23-11-9-16(10-12-23)15-29-24(27)28/h4-8,16,18-19,22,25H,9-15H2,1-3H3. The molecule has 168 valence electrons.